The molecule has 0 bridgehead atoms. The van der Waals surface area contributed by atoms with Crippen molar-refractivity contribution in [3.63, 3.8) is 0 Å². The van der Waals surface area contributed by atoms with Crippen molar-refractivity contribution in [3.05, 3.63) is 93.0 Å². The summed E-state index contributed by atoms with van der Waals surface area (Å²) < 4.78 is 34.7. The third kappa shape index (κ3) is 3.93. The van der Waals surface area contributed by atoms with Crippen LogP contribution < -0.4 is 9.47 Å². The average molecular weight is 573 g/mol. The number of aromatic hydroxyl groups is 1. The van der Waals surface area contributed by atoms with Crippen molar-refractivity contribution in [2.24, 2.45) is 0 Å². The molecule has 0 saturated heterocycles. The molecule has 0 saturated carbocycles. The monoisotopic (exact) mass is 572 g/mol. The van der Waals surface area contributed by atoms with Gasteiger partial charge in [-0.15, -0.1) is 0 Å². The van der Waals surface area contributed by atoms with E-state index in [0.29, 0.717) is 41.9 Å². The smallest absolute Gasteiger partial charge is 0.208 e. The fourth-order valence-electron chi connectivity index (χ4n) is 6.97. The lowest BCUT2D eigenvalue weighted by atomic mass is 9.71. The molecule has 4 aliphatic rings. The Morgan fingerprint density at radius 3 is 2.21 bits per heavy atom. The van der Waals surface area contributed by atoms with Crippen LogP contribution in [0.25, 0.3) is 16.7 Å². The fourth-order valence-corrected chi connectivity index (χ4v) is 6.97. The molecule has 6 rings (SSSR count). The van der Waals surface area contributed by atoms with Crippen LogP contribution in [0.15, 0.2) is 76.3 Å². The molecule has 42 heavy (non-hydrogen) atoms. The van der Waals surface area contributed by atoms with Gasteiger partial charge in [0.25, 0.3) is 0 Å². The lowest BCUT2D eigenvalue weighted by molar-refractivity contribution is -0.134. The summed E-state index contributed by atoms with van der Waals surface area (Å²) in [7, 11) is 9.39. The Bertz CT molecular complexity index is 1620. The van der Waals surface area contributed by atoms with E-state index in [0.717, 1.165) is 45.4 Å². The van der Waals surface area contributed by atoms with Crippen LogP contribution in [-0.2, 0) is 31.8 Å². The summed E-state index contributed by atoms with van der Waals surface area (Å²) in [6.07, 6.45) is 7.29. The number of ether oxygens (including phenoxy) is 6. The molecule has 1 unspecified atom stereocenters. The highest BCUT2D eigenvalue weighted by Crippen LogP contribution is 2.57. The molecule has 4 aliphatic carbocycles. The van der Waals surface area contributed by atoms with Crippen molar-refractivity contribution in [2.75, 3.05) is 42.7 Å². The summed E-state index contributed by atoms with van der Waals surface area (Å²) in [6.45, 7) is 0. The lowest BCUT2D eigenvalue weighted by Gasteiger charge is -2.38. The normalized spacial score (nSPS) is 20.4. The Balaban J connectivity index is 1.71. The highest BCUT2D eigenvalue weighted by Gasteiger charge is 2.43. The van der Waals surface area contributed by atoms with Crippen LogP contribution in [0.4, 0.5) is 0 Å². The second-order valence-corrected chi connectivity index (χ2v) is 10.6. The third-order valence-corrected chi connectivity index (χ3v) is 8.88. The molecule has 0 aliphatic heterocycles. The quantitative estimate of drug-likeness (QED) is 0.427. The first-order valence-corrected chi connectivity index (χ1v) is 14.0. The molecule has 0 heterocycles. The summed E-state index contributed by atoms with van der Waals surface area (Å²) in [6, 6.07) is 8.19. The molecule has 0 aromatic heterocycles. The lowest BCUT2D eigenvalue weighted by Crippen LogP contribution is -2.33. The zero-order valence-corrected chi connectivity index (χ0v) is 24.8. The van der Waals surface area contributed by atoms with Crippen LogP contribution in [0.3, 0.4) is 0 Å². The molecule has 0 spiro atoms. The van der Waals surface area contributed by atoms with E-state index in [1.165, 1.54) is 19.8 Å². The predicted octanol–water partition coefficient (Wildman–Crippen LogP) is 5.38. The van der Waals surface area contributed by atoms with E-state index in [1.807, 2.05) is 30.4 Å². The Labute approximate surface area is 245 Å². The molecular formula is C34H36O8. The summed E-state index contributed by atoms with van der Waals surface area (Å²) in [5.74, 6) is 0.366. The molecule has 1 atom stereocenters. The van der Waals surface area contributed by atoms with Gasteiger partial charge in [0.15, 0.2) is 23.0 Å². The van der Waals surface area contributed by atoms with E-state index < -0.39 is 11.9 Å². The number of phenolic OH excluding ortho intramolecular Hbond substituents is 1. The van der Waals surface area contributed by atoms with E-state index in [1.54, 1.807) is 28.4 Å². The SMILES string of the molecule is COC1=C(OC)C(O)C(c2c(O)c(OC)c(OC)c3c2CCc2ccccc2-3)=C2CCC3=CC(OC)(OC)C=CC3=C21. The summed E-state index contributed by atoms with van der Waals surface area (Å²) >= 11 is 0. The van der Waals surface area contributed by atoms with E-state index in [2.05, 4.69) is 12.1 Å². The first-order chi connectivity index (χ1) is 20.4. The van der Waals surface area contributed by atoms with Gasteiger partial charge in [0.1, 0.15) is 6.10 Å². The summed E-state index contributed by atoms with van der Waals surface area (Å²) in [5.41, 5.74) is 8.72. The molecular weight excluding hydrogens is 536 g/mol. The Morgan fingerprint density at radius 2 is 1.55 bits per heavy atom. The van der Waals surface area contributed by atoms with E-state index in [-0.39, 0.29) is 17.3 Å². The van der Waals surface area contributed by atoms with Gasteiger partial charge in [-0.2, -0.15) is 0 Å². The maximum Gasteiger partial charge on any atom is 0.208 e. The molecule has 2 aromatic rings. The molecule has 220 valence electrons. The van der Waals surface area contributed by atoms with Crippen LogP contribution in [0, 0.1) is 0 Å². The summed E-state index contributed by atoms with van der Waals surface area (Å²) in [5, 5.41) is 23.9. The van der Waals surface area contributed by atoms with Gasteiger partial charge in [0, 0.05) is 36.5 Å². The summed E-state index contributed by atoms with van der Waals surface area (Å²) in [4.78, 5) is 0. The number of benzene rings is 2. The highest BCUT2D eigenvalue weighted by molar-refractivity contribution is 5.95. The Hall–Kier alpha value is -3.98. The van der Waals surface area contributed by atoms with E-state index in [4.69, 9.17) is 28.4 Å². The highest BCUT2D eigenvalue weighted by atomic mass is 16.7. The van der Waals surface area contributed by atoms with Gasteiger partial charge < -0.3 is 38.6 Å². The number of aliphatic hydroxyl groups is 1. The van der Waals surface area contributed by atoms with Gasteiger partial charge in [0.05, 0.1) is 28.4 Å². The van der Waals surface area contributed by atoms with Crippen molar-refractivity contribution in [1.29, 1.82) is 0 Å². The van der Waals surface area contributed by atoms with Gasteiger partial charge in [-0.05, 0) is 71.2 Å². The number of methoxy groups -OCH3 is 6. The number of fused-ring (bicyclic) bond motifs is 5. The number of hydrogen-bond donors (Lipinski definition) is 2. The van der Waals surface area contributed by atoms with Crippen molar-refractivity contribution in [2.45, 2.75) is 37.6 Å². The van der Waals surface area contributed by atoms with Gasteiger partial charge in [-0.1, -0.05) is 30.3 Å². The molecule has 2 N–H and O–H groups in total. The number of hydrogen-bond acceptors (Lipinski definition) is 8. The molecule has 8 nitrogen and oxygen atoms in total. The predicted molar refractivity (Wildman–Crippen MR) is 158 cm³/mol. The van der Waals surface area contributed by atoms with Gasteiger partial charge in [-0.25, -0.2) is 0 Å². The van der Waals surface area contributed by atoms with Crippen LogP contribution in [0.1, 0.15) is 29.5 Å². The topological polar surface area (TPSA) is 95.8 Å². The minimum Gasteiger partial charge on any atom is -0.504 e. The van der Waals surface area contributed by atoms with Crippen LogP contribution in [-0.4, -0.2) is 64.8 Å². The van der Waals surface area contributed by atoms with E-state index in [9.17, 15) is 10.2 Å². The van der Waals surface area contributed by atoms with Crippen LogP contribution >= 0.6 is 0 Å². The second-order valence-electron chi connectivity index (χ2n) is 10.6. The zero-order valence-electron chi connectivity index (χ0n) is 24.8. The fraction of sp³-hybridized carbons (Fsp3) is 0.353. The van der Waals surface area contributed by atoms with Crippen molar-refractivity contribution < 1.29 is 38.6 Å². The Morgan fingerprint density at radius 1 is 0.810 bits per heavy atom. The molecule has 0 amide bonds. The molecule has 0 fully saturated rings. The van der Waals surface area contributed by atoms with Crippen LogP contribution in [0.2, 0.25) is 0 Å². The van der Waals surface area contributed by atoms with Gasteiger partial charge >= 0.3 is 0 Å². The van der Waals surface area contributed by atoms with Crippen molar-refractivity contribution >= 4 is 5.57 Å². The molecule has 0 radical (unpaired) electrons. The van der Waals surface area contributed by atoms with E-state index >= 15 is 0 Å². The Kier molecular flexibility index (Phi) is 7.17. The number of allylic oxidation sites excluding steroid dienone is 4. The first kappa shape index (κ1) is 28.2. The molecule has 2 aromatic carbocycles. The largest absolute Gasteiger partial charge is 0.504 e. The molecule has 8 heteroatoms. The number of phenols is 1. The number of rotatable bonds is 7. The van der Waals surface area contributed by atoms with Crippen molar-refractivity contribution in [3.8, 4) is 28.4 Å². The second kappa shape index (κ2) is 10.7. The standard InChI is InChI=1S/C34H36O8/c1-37-30-24-20-10-8-7-9-18(20)11-13-22(24)26(28(35)32(30)39-3)27-23-14-12-19-17-34(41-5,42-6)16-15-21(19)25(23)31(38-2)33(40-4)29(27)36/h7-10,15-17,29,35-36H,11-14H2,1-6H3. The number of aryl methyl sites for hydroxylation is 1. The zero-order chi connectivity index (χ0) is 29.8. The maximum absolute atomic E-state index is 12.0. The van der Waals surface area contributed by atoms with Crippen molar-refractivity contribution in [1.82, 2.24) is 0 Å². The van der Waals surface area contributed by atoms with Gasteiger partial charge in [0.2, 0.25) is 11.5 Å². The first-order valence-electron chi connectivity index (χ1n) is 14.0. The third-order valence-electron chi connectivity index (χ3n) is 8.88. The van der Waals surface area contributed by atoms with Crippen LogP contribution in [0.5, 0.6) is 17.2 Å². The minimum atomic E-state index is -1.19. The number of aliphatic hydroxyl groups excluding tert-OH is 1. The average Bonchev–Trinajstić information content (AvgIpc) is 3.03. The minimum absolute atomic E-state index is 0.0759. The maximum atomic E-state index is 12.0. The van der Waals surface area contributed by atoms with Gasteiger partial charge in [-0.3, -0.25) is 0 Å².